The Bertz CT molecular complexity index is 487. The lowest BCUT2D eigenvalue weighted by molar-refractivity contribution is -0.129. The summed E-state index contributed by atoms with van der Waals surface area (Å²) in [4.78, 5) is 12.5. The Kier molecular flexibility index (Phi) is 6.64. The third-order valence-electron chi connectivity index (χ3n) is 4.54. The number of rotatable bonds is 6. The Morgan fingerprint density at radius 2 is 1.74 bits per heavy atom. The predicted molar refractivity (Wildman–Crippen MR) is 94.2 cm³/mol. The van der Waals surface area contributed by atoms with E-state index in [-0.39, 0.29) is 17.9 Å². The summed E-state index contributed by atoms with van der Waals surface area (Å²) in [6, 6.07) is 8.83. The molecule has 23 heavy (non-hydrogen) atoms. The lowest BCUT2D eigenvalue weighted by Gasteiger charge is -2.27. The molecule has 1 aromatic rings. The van der Waals surface area contributed by atoms with Crippen molar-refractivity contribution in [2.75, 3.05) is 13.2 Å². The molecule has 0 spiro atoms. The fourth-order valence-electron chi connectivity index (χ4n) is 3.20. The van der Waals surface area contributed by atoms with Gasteiger partial charge in [-0.25, -0.2) is 0 Å². The van der Waals surface area contributed by atoms with E-state index in [1.54, 1.807) is 0 Å². The molecule has 1 atom stereocenters. The Morgan fingerprint density at radius 3 is 2.26 bits per heavy atom. The van der Waals surface area contributed by atoms with E-state index in [1.165, 1.54) is 11.1 Å². The van der Waals surface area contributed by atoms with Crippen molar-refractivity contribution in [3.8, 4) is 0 Å². The maximum absolute atomic E-state index is 12.5. The van der Waals surface area contributed by atoms with Crippen molar-refractivity contribution in [2.45, 2.75) is 53.0 Å². The summed E-state index contributed by atoms with van der Waals surface area (Å²) in [6.45, 7) is 10.2. The molecule has 1 heterocycles. The maximum Gasteiger partial charge on any atom is 0.223 e. The van der Waals surface area contributed by atoms with E-state index in [4.69, 9.17) is 4.74 Å². The lowest BCUT2D eigenvalue weighted by Crippen LogP contribution is -2.38. The number of benzene rings is 1. The van der Waals surface area contributed by atoms with Gasteiger partial charge in [0.2, 0.25) is 5.91 Å². The first-order valence-electron chi connectivity index (χ1n) is 8.94. The van der Waals surface area contributed by atoms with Gasteiger partial charge in [-0.1, -0.05) is 52.0 Å². The quantitative estimate of drug-likeness (QED) is 0.857. The third kappa shape index (κ3) is 5.35. The molecule has 2 rings (SSSR count). The molecule has 0 saturated carbocycles. The van der Waals surface area contributed by atoms with Crippen molar-refractivity contribution >= 4 is 5.91 Å². The SMILES string of the molecule is CC(C)Cc1ccc(C(NC(=O)C2CCOCC2)C(C)C)cc1. The average molecular weight is 317 g/mol. The van der Waals surface area contributed by atoms with Crippen molar-refractivity contribution in [3.05, 3.63) is 35.4 Å². The van der Waals surface area contributed by atoms with Gasteiger partial charge in [0.05, 0.1) is 6.04 Å². The zero-order valence-electron chi connectivity index (χ0n) is 15.0. The summed E-state index contributed by atoms with van der Waals surface area (Å²) in [5.41, 5.74) is 2.56. The second kappa shape index (κ2) is 8.49. The van der Waals surface area contributed by atoms with Gasteiger partial charge in [-0.2, -0.15) is 0 Å². The van der Waals surface area contributed by atoms with Crippen LogP contribution >= 0.6 is 0 Å². The summed E-state index contributed by atoms with van der Waals surface area (Å²) >= 11 is 0. The molecule has 1 saturated heterocycles. The Hall–Kier alpha value is -1.35. The smallest absolute Gasteiger partial charge is 0.223 e. The lowest BCUT2D eigenvalue weighted by atomic mass is 9.92. The number of amides is 1. The van der Waals surface area contributed by atoms with Gasteiger partial charge in [-0.05, 0) is 42.2 Å². The van der Waals surface area contributed by atoms with Gasteiger partial charge >= 0.3 is 0 Å². The van der Waals surface area contributed by atoms with E-state index in [0.29, 0.717) is 25.0 Å². The van der Waals surface area contributed by atoms with E-state index in [9.17, 15) is 4.79 Å². The molecule has 1 aromatic carbocycles. The zero-order chi connectivity index (χ0) is 16.8. The highest BCUT2D eigenvalue weighted by Crippen LogP contribution is 2.24. The molecule has 1 N–H and O–H groups in total. The molecule has 1 fully saturated rings. The van der Waals surface area contributed by atoms with E-state index in [1.807, 2.05) is 0 Å². The fraction of sp³-hybridized carbons (Fsp3) is 0.650. The number of carbonyl (C=O) groups excluding carboxylic acids is 1. The van der Waals surface area contributed by atoms with Crippen LogP contribution in [-0.4, -0.2) is 19.1 Å². The van der Waals surface area contributed by atoms with Gasteiger partial charge in [0.15, 0.2) is 0 Å². The van der Waals surface area contributed by atoms with E-state index < -0.39 is 0 Å². The number of hydrogen-bond acceptors (Lipinski definition) is 2. The summed E-state index contributed by atoms with van der Waals surface area (Å²) in [5, 5.41) is 3.27. The zero-order valence-corrected chi connectivity index (χ0v) is 15.0. The van der Waals surface area contributed by atoms with Crippen LogP contribution in [0.2, 0.25) is 0 Å². The van der Waals surface area contributed by atoms with Gasteiger partial charge in [0, 0.05) is 19.1 Å². The first kappa shape index (κ1) is 18.0. The minimum atomic E-state index is 0.0819. The largest absolute Gasteiger partial charge is 0.381 e. The molecule has 1 amide bonds. The van der Waals surface area contributed by atoms with Crippen LogP contribution in [0.1, 0.15) is 57.7 Å². The Balaban J connectivity index is 2.04. The molecular formula is C20H31NO2. The summed E-state index contributed by atoms with van der Waals surface area (Å²) in [6.07, 6.45) is 2.77. The van der Waals surface area contributed by atoms with Crippen LogP contribution in [0.3, 0.4) is 0 Å². The summed E-state index contributed by atoms with van der Waals surface area (Å²) in [5.74, 6) is 1.31. The third-order valence-corrected chi connectivity index (χ3v) is 4.54. The normalized spacial score (nSPS) is 17.5. The molecule has 3 nitrogen and oxygen atoms in total. The van der Waals surface area contributed by atoms with Crippen molar-refractivity contribution in [1.82, 2.24) is 5.32 Å². The molecule has 0 radical (unpaired) electrons. The van der Waals surface area contributed by atoms with Gasteiger partial charge < -0.3 is 10.1 Å². The Labute approximate surface area is 140 Å². The topological polar surface area (TPSA) is 38.3 Å². The van der Waals surface area contributed by atoms with Gasteiger partial charge in [0.1, 0.15) is 0 Å². The number of hydrogen-bond donors (Lipinski definition) is 1. The van der Waals surface area contributed by atoms with Gasteiger partial charge in [-0.3, -0.25) is 4.79 Å². The minimum absolute atomic E-state index is 0.0819. The van der Waals surface area contributed by atoms with Crippen molar-refractivity contribution in [3.63, 3.8) is 0 Å². The standard InChI is InChI=1S/C20H31NO2/c1-14(2)13-16-5-7-17(8-6-16)19(15(3)4)21-20(22)18-9-11-23-12-10-18/h5-8,14-15,18-19H,9-13H2,1-4H3,(H,21,22). The first-order chi connectivity index (χ1) is 11.0. The molecule has 1 unspecified atom stereocenters. The van der Waals surface area contributed by atoms with E-state index >= 15 is 0 Å². The second-order valence-electron chi connectivity index (χ2n) is 7.46. The monoisotopic (exact) mass is 317 g/mol. The highest BCUT2D eigenvalue weighted by molar-refractivity contribution is 5.79. The summed E-state index contributed by atoms with van der Waals surface area (Å²) in [7, 11) is 0. The molecule has 0 aliphatic carbocycles. The van der Waals surface area contributed by atoms with Crippen LogP contribution < -0.4 is 5.32 Å². The maximum atomic E-state index is 12.5. The van der Waals surface area contributed by atoms with Crippen molar-refractivity contribution < 1.29 is 9.53 Å². The predicted octanol–water partition coefficient (Wildman–Crippen LogP) is 4.13. The first-order valence-corrected chi connectivity index (χ1v) is 8.94. The van der Waals surface area contributed by atoms with Crippen LogP contribution in [0.5, 0.6) is 0 Å². The van der Waals surface area contributed by atoms with Crippen LogP contribution in [0.4, 0.5) is 0 Å². The number of ether oxygens (including phenoxy) is 1. The van der Waals surface area contributed by atoms with E-state index in [2.05, 4.69) is 57.3 Å². The van der Waals surface area contributed by atoms with Crippen molar-refractivity contribution in [1.29, 1.82) is 0 Å². The van der Waals surface area contributed by atoms with Gasteiger partial charge in [0.25, 0.3) is 0 Å². The molecule has 1 aliphatic heterocycles. The van der Waals surface area contributed by atoms with Crippen LogP contribution in [0, 0.1) is 17.8 Å². The van der Waals surface area contributed by atoms with Crippen LogP contribution in [-0.2, 0) is 16.0 Å². The minimum Gasteiger partial charge on any atom is -0.381 e. The van der Waals surface area contributed by atoms with Gasteiger partial charge in [-0.15, -0.1) is 0 Å². The fourth-order valence-corrected chi connectivity index (χ4v) is 3.20. The molecule has 0 bridgehead atoms. The van der Waals surface area contributed by atoms with E-state index in [0.717, 1.165) is 19.3 Å². The number of carbonyl (C=O) groups is 1. The van der Waals surface area contributed by atoms with Crippen LogP contribution in [0.15, 0.2) is 24.3 Å². The molecule has 3 heteroatoms. The highest BCUT2D eigenvalue weighted by Gasteiger charge is 2.25. The Morgan fingerprint density at radius 1 is 1.13 bits per heavy atom. The molecule has 0 aromatic heterocycles. The average Bonchev–Trinajstić information content (AvgIpc) is 2.53. The molecule has 128 valence electrons. The second-order valence-corrected chi connectivity index (χ2v) is 7.46. The highest BCUT2D eigenvalue weighted by atomic mass is 16.5. The number of nitrogens with one attached hydrogen (secondary N) is 1. The van der Waals surface area contributed by atoms with Crippen LogP contribution in [0.25, 0.3) is 0 Å². The molecule has 1 aliphatic rings. The summed E-state index contributed by atoms with van der Waals surface area (Å²) < 4.78 is 5.35. The van der Waals surface area contributed by atoms with Crippen molar-refractivity contribution in [2.24, 2.45) is 17.8 Å². The molecular weight excluding hydrogens is 286 g/mol.